The number of ether oxygens (including phenoxy) is 1. The van der Waals surface area contributed by atoms with Crippen LogP contribution in [0.25, 0.3) is 0 Å². The number of benzene rings is 2. The van der Waals surface area contributed by atoms with Gasteiger partial charge >= 0.3 is 0 Å². The minimum absolute atomic E-state index is 0.644. The summed E-state index contributed by atoms with van der Waals surface area (Å²) in [6.45, 7) is 1.43. The van der Waals surface area contributed by atoms with E-state index >= 15 is 0 Å². The van der Waals surface area contributed by atoms with Gasteiger partial charge in [0.25, 0.3) is 0 Å². The van der Waals surface area contributed by atoms with Crippen molar-refractivity contribution in [3.63, 3.8) is 0 Å². The molecular weight excluding hydrogens is 322 g/mol. The standard InChI is InChI=1S/C15H16BrNOS/c1-19-15-4-2-3-13(11-15)17-9-10-18-14-7-5-12(16)6-8-14/h2-8,11,17H,9-10H2,1H3. The summed E-state index contributed by atoms with van der Waals surface area (Å²) in [5.74, 6) is 0.892. The maximum atomic E-state index is 5.65. The lowest BCUT2D eigenvalue weighted by molar-refractivity contribution is 0.333. The van der Waals surface area contributed by atoms with Crippen molar-refractivity contribution in [3.8, 4) is 5.75 Å². The Morgan fingerprint density at radius 3 is 2.68 bits per heavy atom. The Morgan fingerprint density at radius 1 is 1.16 bits per heavy atom. The molecule has 0 aliphatic heterocycles. The Kier molecular flexibility index (Phi) is 5.61. The zero-order valence-corrected chi connectivity index (χ0v) is 13.1. The van der Waals surface area contributed by atoms with Gasteiger partial charge in [0.1, 0.15) is 12.4 Å². The fourth-order valence-electron chi connectivity index (χ4n) is 1.63. The van der Waals surface area contributed by atoms with Gasteiger partial charge in [0.15, 0.2) is 0 Å². The van der Waals surface area contributed by atoms with Crippen molar-refractivity contribution in [2.75, 3.05) is 24.7 Å². The van der Waals surface area contributed by atoms with Crippen molar-refractivity contribution in [2.45, 2.75) is 4.90 Å². The lowest BCUT2D eigenvalue weighted by atomic mass is 10.3. The molecule has 0 spiro atoms. The van der Waals surface area contributed by atoms with Crippen LogP contribution in [0.3, 0.4) is 0 Å². The lowest BCUT2D eigenvalue weighted by Gasteiger charge is -2.09. The van der Waals surface area contributed by atoms with Crippen molar-refractivity contribution in [1.82, 2.24) is 0 Å². The number of hydrogen-bond acceptors (Lipinski definition) is 3. The Labute approximate surface area is 126 Å². The fourth-order valence-corrected chi connectivity index (χ4v) is 2.35. The van der Waals surface area contributed by atoms with Gasteiger partial charge in [0, 0.05) is 21.6 Å². The van der Waals surface area contributed by atoms with Crippen molar-refractivity contribution in [3.05, 3.63) is 53.0 Å². The first-order chi connectivity index (χ1) is 9.28. The summed E-state index contributed by atoms with van der Waals surface area (Å²) in [4.78, 5) is 1.26. The number of hydrogen-bond donors (Lipinski definition) is 1. The molecule has 0 aliphatic carbocycles. The Hall–Kier alpha value is -1.13. The molecular formula is C15H16BrNOS. The maximum absolute atomic E-state index is 5.65. The predicted molar refractivity (Wildman–Crippen MR) is 86.3 cm³/mol. The highest BCUT2D eigenvalue weighted by Gasteiger charge is 1.96. The van der Waals surface area contributed by atoms with Crippen LogP contribution in [0.15, 0.2) is 57.9 Å². The number of nitrogens with one attached hydrogen (secondary N) is 1. The lowest BCUT2D eigenvalue weighted by Crippen LogP contribution is -2.11. The van der Waals surface area contributed by atoms with Crippen molar-refractivity contribution >= 4 is 33.4 Å². The monoisotopic (exact) mass is 337 g/mol. The molecule has 2 nitrogen and oxygen atoms in total. The normalized spacial score (nSPS) is 10.2. The van der Waals surface area contributed by atoms with E-state index in [0.717, 1.165) is 22.5 Å². The van der Waals surface area contributed by atoms with E-state index in [-0.39, 0.29) is 0 Å². The van der Waals surface area contributed by atoms with Crippen LogP contribution in [-0.4, -0.2) is 19.4 Å². The summed E-state index contributed by atoms with van der Waals surface area (Å²) >= 11 is 5.15. The second-order valence-electron chi connectivity index (χ2n) is 3.96. The second-order valence-corrected chi connectivity index (χ2v) is 5.76. The van der Waals surface area contributed by atoms with Gasteiger partial charge in [0.05, 0.1) is 0 Å². The summed E-state index contributed by atoms with van der Waals surface area (Å²) < 4.78 is 6.71. The molecule has 1 N–H and O–H groups in total. The highest BCUT2D eigenvalue weighted by molar-refractivity contribution is 9.10. The topological polar surface area (TPSA) is 21.3 Å². The van der Waals surface area contributed by atoms with E-state index in [1.807, 2.05) is 24.3 Å². The largest absolute Gasteiger partial charge is 0.492 e. The third-order valence-corrected chi connectivity index (χ3v) is 3.84. The molecule has 0 radical (unpaired) electrons. The summed E-state index contributed by atoms with van der Waals surface area (Å²) in [5.41, 5.74) is 1.13. The van der Waals surface area contributed by atoms with Crippen molar-refractivity contribution < 1.29 is 4.74 Å². The molecule has 0 amide bonds. The van der Waals surface area contributed by atoms with Crippen molar-refractivity contribution in [1.29, 1.82) is 0 Å². The molecule has 4 heteroatoms. The van der Waals surface area contributed by atoms with Gasteiger partial charge in [-0.2, -0.15) is 0 Å². The molecule has 0 fully saturated rings. The maximum Gasteiger partial charge on any atom is 0.119 e. The third kappa shape index (κ3) is 4.80. The molecule has 2 rings (SSSR count). The van der Waals surface area contributed by atoms with Crippen LogP contribution in [0.2, 0.25) is 0 Å². The Balaban J connectivity index is 1.75. The van der Waals surface area contributed by atoms with Gasteiger partial charge < -0.3 is 10.1 Å². The van der Waals surface area contributed by atoms with E-state index in [9.17, 15) is 0 Å². The number of anilines is 1. The molecule has 19 heavy (non-hydrogen) atoms. The van der Waals surface area contributed by atoms with Gasteiger partial charge in [0.2, 0.25) is 0 Å². The van der Waals surface area contributed by atoms with Crippen LogP contribution in [0.1, 0.15) is 0 Å². The first kappa shape index (κ1) is 14.3. The van der Waals surface area contributed by atoms with E-state index in [0.29, 0.717) is 6.61 Å². The molecule has 0 aliphatic rings. The van der Waals surface area contributed by atoms with E-state index in [1.165, 1.54) is 4.90 Å². The van der Waals surface area contributed by atoms with Crippen LogP contribution in [-0.2, 0) is 0 Å². The van der Waals surface area contributed by atoms with Gasteiger partial charge in [-0.05, 0) is 48.7 Å². The smallest absolute Gasteiger partial charge is 0.119 e. The van der Waals surface area contributed by atoms with E-state index in [1.54, 1.807) is 11.8 Å². The van der Waals surface area contributed by atoms with Gasteiger partial charge in [-0.15, -0.1) is 11.8 Å². The molecule has 0 aromatic heterocycles. The number of thioether (sulfide) groups is 1. The van der Waals surface area contributed by atoms with Crippen LogP contribution in [0.5, 0.6) is 5.75 Å². The van der Waals surface area contributed by atoms with Gasteiger partial charge in [-0.25, -0.2) is 0 Å². The van der Waals surface area contributed by atoms with Gasteiger partial charge in [-0.1, -0.05) is 22.0 Å². The SMILES string of the molecule is CSc1cccc(NCCOc2ccc(Br)cc2)c1. The molecule has 2 aromatic carbocycles. The van der Waals surface area contributed by atoms with E-state index in [4.69, 9.17) is 4.74 Å². The van der Waals surface area contributed by atoms with Crippen LogP contribution < -0.4 is 10.1 Å². The summed E-state index contributed by atoms with van der Waals surface area (Å²) in [6.07, 6.45) is 2.08. The Bertz CT molecular complexity index is 516. The molecule has 2 aromatic rings. The Morgan fingerprint density at radius 2 is 1.95 bits per heavy atom. The van der Waals surface area contributed by atoms with E-state index < -0.39 is 0 Å². The first-order valence-electron chi connectivity index (χ1n) is 6.04. The molecule has 100 valence electrons. The average Bonchev–Trinajstić information content (AvgIpc) is 2.46. The quantitative estimate of drug-likeness (QED) is 0.611. The molecule has 0 saturated carbocycles. The summed E-state index contributed by atoms with van der Waals surface area (Å²) in [6, 6.07) is 16.2. The minimum Gasteiger partial charge on any atom is -0.492 e. The third-order valence-electron chi connectivity index (χ3n) is 2.58. The first-order valence-corrected chi connectivity index (χ1v) is 8.06. The molecule has 0 saturated heterocycles. The molecule has 0 atom stereocenters. The highest BCUT2D eigenvalue weighted by Crippen LogP contribution is 2.19. The minimum atomic E-state index is 0.644. The highest BCUT2D eigenvalue weighted by atomic mass is 79.9. The molecule has 0 unspecified atom stereocenters. The van der Waals surface area contributed by atoms with Gasteiger partial charge in [-0.3, -0.25) is 0 Å². The van der Waals surface area contributed by atoms with Crippen LogP contribution in [0, 0.1) is 0 Å². The zero-order valence-electron chi connectivity index (χ0n) is 10.7. The predicted octanol–water partition coefficient (Wildman–Crippen LogP) is 4.66. The fraction of sp³-hybridized carbons (Fsp3) is 0.200. The van der Waals surface area contributed by atoms with Crippen LogP contribution in [0.4, 0.5) is 5.69 Å². The van der Waals surface area contributed by atoms with Crippen LogP contribution >= 0.6 is 27.7 Å². The number of halogens is 1. The van der Waals surface area contributed by atoms with E-state index in [2.05, 4.69) is 51.8 Å². The second kappa shape index (κ2) is 7.46. The average molecular weight is 338 g/mol. The number of rotatable bonds is 6. The van der Waals surface area contributed by atoms with Crippen molar-refractivity contribution in [2.24, 2.45) is 0 Å². The summed E-state index contributed by atoms with van der Waals surface area (Å²) in [7, 11) is 0. The molecule has 0 heterocycles. The zero-order chi connectivity index (χ0) is 13.5. The summed E-state index contributed by atoms with van der Waals surface area (Å²) in [5, 5.41) is 3.35. The molecule has 0 bridgehead atoms.